The van der Waals surface area contributed by atoms with Crippen molar-refractivity contribution >= 4 is 5.97 Å². The van der Waals surface area contributed by atoms with Crippen LogP contribution in [0.2, 0.25) is 0 Å². The summed E-state index contributed by atoms with van der Waals surface area (Å²) in [5.74, 6) is 1.20. The lowest BCUT2D eigenvalue weighted by molar-refractivity contribution is -0.167. The zero-order valence-electron chi connectivity index (χ0n) is 22.7. The first-order valence-electron chi connectivity index (χ1n) is 14.0. The lowest BCUT2D eigenvalue weighted by atomic mass is 9.38. The van der Waals surface area contributed by atoms with E-state index in [9.17, 15) is 20.1 Å². The summed E-state index contributed by atoms with van der Waals surface area (Å²) >= 11 is 0. The van der Waals surface area contributed by atoms with Crippen LogP contribution < -0.4 is 0 Å². The predicted molar refractivity (Wildman–Crippen MR) is 136 cm³/mol. The molecule has 0 saturated heterocycles. The Bertz CT molecular complexity index is 832. The van der Waals surface area contributed by atoms with E-state index >= 15 is 0 Å². The molecule has 3 fully saturated rings. The van der Waals surface area contributed by atoms with Gasteiger partial charge in [0.15, 0.2) is 0 Å². The van der Waals surface area contributed by atoms with Crippen molar-refractivity contribution in [3.63, 3.8) is 0 Å². The molecular formula is C30H50O4. The van der Waals surface area contributed by atoms with E-state index in [-0.39, 0.29) is 22.2 Å². The van der Waals surface area contributed by atoms with Gasteiger partial charge in [-0.15, -0.1) is 0 Å². The van der Waals surface area contributed by atoms with Crippen LogP contribution in [0.1, 0.15) is 106 Å². The number of aliphatic carboxylic acids is 1. The second kappa shape index (κ2) is 8.61. The van der Waals surface area contributed by atoms with Gasteiger partial charge in [-0.25, -0.2) is 0 Å². The van der Waals surface area contributed by atoms with Crippen LogP contribution in [0.4, 0.5) is 0 Å². The highest BCUT2D eigenvalue weighted by molar-refractivity contribution is 5.76. The number of rotatable bonds is 1. The molecule has 0 aliphatic heterocycles. The maximum atomic E-state index is 12.8. The van der Waals surface area contributed by atoms with Gasteiger partial charge >= 0.3 is 5.97 Å². The Morgan fingerprint density at radius 3 is 2.26 bits per heavy atom. The molecule has 34 heavy (non-hydrogen) atoms. The molecule has 0 aromatic carbocycles. The molecule has 0 aromatic rings. The third-order valence-electron chi connectivity index (χ3n) is 12.2. The zero-order chi connectivity index (χ0) is 25.3. The van der Waals surface area contributed by atoms with Gasteiger partial charge in [-0.3, -0.25) is 4.79 Å². The van der Waals surface area contributed by atoms with Crippen LogP contribution >= 0.6 is 0 Å². The van der Waals surface area contributed by atoms with Crippen molar-refractivity contribution in [2.24, 2.45) is 51.2 Å². The van der Waals surface area contributed by atoms with Crippen molar-refractivity contribution in [3.8, 4) is 0 Å². The van der Waals surface area contributed by atoms with Crippen LogP contribution in [-0.2, 0) is 4.79 Å². The number of allylic oxidation sites excluding steroid dienone is 2. The number of hydrogen-bond donors (Lipinski definition) is 3. The van der Waals surface area contributed by atoms with Gasteiger partial charge in [0.05, 0.1) is 17.6 Å². The van der Waals surface area contributed by atoms with Gasteiger partial charge in [-0.1, -0.05) is 66.5 Å². The molecule has 4 rings (SSSR count). The Hall–Kier alpha value is -0.870. The fourth-order valence-electron chi connectivity index (χ4n) is 9.37. The molecule has 3 N–H and O–H groups in total. The van der Waals surface area contributed by atoms with E-state index in [4.69, 9.17) is 0 Å². The van der Waals surface area contributed by atoms with Crippen molar-refractivity contribution in [3.05, 3.63) is 11.6 Å². The third-order valence-corrected chi connectivity index (χ3v) is 12.2. The number of aliphatic hydroxyl groups is 2. The predicted octanol–water partition coefficient (Wildman–Crippen LogP) is 6.45. The normalized spacial score (nSPS) is 51.3. The van der Waals surface area contributed by atoms with Crippen LogP contribution in [0.5, 0.6) is 0 Å². The standard InChI is InChI=1S/C30H50O4/c1-18-11-14-30(26(33)34)16-15-29(7)22(24(30)20(18)3)10-9-21-19(2)17-23(31)25(32)27(4,5)12-8-13-28(21,29)6/h10,18-21,23-25,31-32H,8-9,11-17H2,1-7H3,(H,33,34). The smallest absolute Gasteiger partial charge is 0.310 e. The zero-order valence-corrected chi connectivity index (χ0v) is 22.7. The number of carboxylic acids is 1. The number of fused-ring (bicyclic) bond motifs is 5. The molecular weight excluding hydrogens is 424 g/mol. The summed E-state index contributed by atoms with van der Waals surface area (Å²) in [7, 11) is 0. The van der Waals surface area contributed by atoms with E-state index in [0.717, 1.165) is 51.4 Å². The highest BCUT2D eigenvalue weighted by atomic mass is 16.4. The van der Waals surface area contributed by atoms with E-state index in [1.54, 1.807) is 0 Å². The first kappa shape index (κ1) is 26.2. The summed E-state index contributed by atoms with van der Waals surface area (Å²) < 4.78 is 0. The van der Waals surface area contributed by atoms with Crippen molar-refractivity contribution in [1.29, 1.82) is 0 Å². The van der Waals surface area contributed by atoms with Gasteiger partial charge in [0.1, 0.15) is 0 Å². The number of aliphatic hydroxyl groups excluding tert-OH is 2. The van der Waals surface area contributed by atoms with E-state index < -0.39 is 23.6 Å². The molecule has 0 heterocycles. The van der Waals surface area contributed by atoms with Crippen molar-refractivity contribution in [1.82, 2.24) is 0 Å². The Morgan fingerprint density at radius 2 is 1.62 bits per heavy atom. The molecule has 10 atom stereocenters. The first-order valence-corrected chi connectivity index (χ1v) is 14.0. The summed E-state index contributed by atoms with van der Waals surface area (Å²) in [4.78, 5) is 12.8. The molecule has 4 aliphatic carbocycles. The van der Waals surface area contributed by atoms with Crippen molar-refractivity contribution < 1.29 is 20.1 Å². The minimum atomic E-state index is -0.698. The van der Waals surface area contributed by atoms with Gasteiger partial charge in [0.2, 0.25) is 0 Å². The fraction of sp³-hybridized carbons (Fsp3) is 0.900. The average molecular weight is 475 g/mol. The summed E-state index contributed by atoms with van der Waals surface area (Å²) in [5.41, 5.74) is 0.563. The average Bonchev–Trinajstić information content (AvgIpc) is 2.75. The summed E-state index contributed by atoms with van der Waals surface area (Å²) in [5, 5.41) is 32.4. The maximum Gasteiger partial charge on any atom is 0.310 e. The van der Waals surface area contributed by atoms with Crippen LogP contribution in [0.15, 0.2) is 11.6 Å². The second-order valence-corrected chi connectivity index (χ2v) is 14.1. The second-order valence-electron chi connectivity index (χ2n) is 14.1. The number of hydrogen-bond acceptors (Lipinski definition) is 3. The van der Waals surface area contributed by atoms with Crippen LogP contribution in [0.3, 0.4) is 0 Å². The maximum absolute atomic E-state index is 12.8. The van der Waals surface area contributed by atoms with Gasteiger partial charge in [0, 0.05) is 0 Å². The molecule has 3 saturated carbocycles. The highest BCUT2D eigenvalue weighted by Crippen LogP contribution is 2.70. The first-order chi connectivity index (χ1) is 15.7. The molecule has 0 spiro atoms. The number of carbonyl (C=O) groups is 1. The minimum Gasteiger partial charge on any atom is -0.481 e. The Labute approximate surface area is 207 Å². The molecule has 10 unspecified atom stereocenters. The third kappa shape index (κ3) is 3.64. The lowest BCUT2D eigenvalue weighted by Crippen LogP contribution is -2.60. The van der Waals surface area contributed by atoms with Gasteiger partial charge in [-0.05, 0) is 97.2 Å². The molecule has 4 heteroatoms. The minimum absolute atomic E-state index is 0.0218. The largest absolute Gasteiger partial charge is 0.481 e. The van der Waals surface area contributed by atoms with Crippen LogP contribution in [0, 0.1) is 51.2 Å². The summed E-state index contributed by atoms with van der Waals surface area (Å²) in [6.45, 7) is 16.0. The van der Waals surface area contributed by atoms with Crippen LogP contribution in [-0.4, -0.2) is 33.5 Å². The van der Waals surface area contributed by atoms with Gasteiger partial charge in [0.25, 0.3) is 0 Å². The van der Waals surface area contributed by atoms with Gasteiger partial charge in [-0.2, -0.15) is 0 Å². The Kier molecular flexibility index (Phi) is 6.64. The van der Waals surface area contributed by atoms with Crippen molar-refractivity contribution in [2.45, 2.75) is 118 Å². The van der Waals surface area contributed by atoms with Crippen molar-refractivity contribution in [2.75, 3.05) is 0 Å². The topological polar surface area (TPSA) is 77.8 Å². The van der Waals surface area contributed by atoms with E-state index in [2.05, 4.69) is 54.5 Å². The Balaban J connectivity index is 1.79. The molecule has 0 amide bonds. The molecule has 0 bridgehead atoms. The molecule has 4 nitrogen and oxygen atoms in total. The SMILES string of the molecule is CC1CCC2(C(=O)O)CCC3(C)C(=CCC4C(C)CC(O)C(O)C(C)(C)CCCC43C)C2C1C. The highest BCUT2D eigenvalue weighted by Gasteiger charge is 2.64. The molecule has 0 radical (unpaired) electrons. The summed E-state index contributed by atoms with van der Waals surface area (Å²) in [6, 6.07) is 0. The fourth-order valence-corrected chi connectivity index (χ4v) is 9.37. The lowest BCUT2D eigenvalue weighted by Gasteiger charge is -2.65. The quantitative estimate of drug-likeness (QED) is 0.382. The molecule has 0 aromatic heterocycles. The van der Waals surface area contributed by atoms with Gasteiger partial charge < -0.3 is 15.3 Å². The van der Waals surface area contributed by atoms with Crippen LogP contribution in [0.25, 0.3) is 0 Å². The number of carboxylic acid groups (broad SMARTS) is 1. The summed E-state index contributed by atoms with van der Waals surface area (Å²) in [6.07, 6.45) is 9.21. The monoisotopic (exact) mass is 474 g/mol. The molecule has 4 aliphatic rings. The molecule has 194 valence electrons. The van der Waals surface area contributed by atoms with E-state index in [1.807, 2.05) is 0 Å². The van der Waals surface area contributed by atoms with E-state index in [0.29, 0.717) is 30.1 Å². The Morgan fingerprint density at radius 1 is 0.941 bits per heavy atom. The van der Waals surface area contributed by atoms with E-state index in [1.165, 1.54) is 5.57 Å².